The van der Waals surface area contributed by atoms with Gasteiger partial charge in [0.15, 0.2) is 11.5 Å². The Labute approximate surface area is 94.0 Å². The van der Waals surface area contributed by atoms with E-state index in [1.54, 1.807) is 6.20 Å². The zero-order chi connectivity index (χ0) is 11.1. The Hall–Kier alpha value is -1.77. The molecule has 0 fully saturated rings. The van der Waals surface area contributed by atoms with E-state index in [1.165, 1.54) is 5.56 Å². The highest BCUT2D eigenvalue weighted by Crippen LogP contribution is 2.44. The van der Waals surface area contributed by atoms with E-state index in [1.807, 2.05) is 12.3 Å². The van der Waals surface area contributed by atoms with Crippen LogP contribution in [0.4, 0.5) is 0 Å². The van der Waals surface area contributed by atoms with Crippen LogP contribution in [0.5, 0.6) is 11.5 Å². The number of ether oxygens (including phenoxy) is 2. The molecule has 0 N–H and O–H groups in total. The fraction of sp³-hybridized carbons (Fsp3) is 0.308. The van der Waals surface area contributed by atoms with Gasteiger partial charge in [-0.15, -0.1) is 0 Å². The molecule has 0 radical (unpaired) electrons. The number of hydrogen-bond acceptors (Lipinski definition) is 3. The lowest BCUT2D eigenvalue weighted by atomic mass is 9.98. The second-order valence-corrected chi connectivity index (χ2v) is 4.28. The van der Waals surface area contributed by atoms with Crippen LogP contribution in [0, 0.1) is 0 Å². The first kappa shape index (κ1) is 9.46. The van der Waals surface area contributed by atoms with Crippen molar-refractivity contribution in [2.75, 3.05) is 6.79 Å². The Morgan fingerprint density at radius 2 is 2.06 bits per heavy atom. The number of rotatable bonds is 1. The minimum atomic E-state index is 0.316. The third-order valence-corrected chi connectivity index (χ3v) is 2.90. The summed E-state index contributed by atoms with van der Waals surface area (Å²) >= 11 is 0. The summed E-state index contributed by atoms with van der Waals surface area (Å²) in [6.45, 7) is 4.62. The van der Waals surface area contributed by atoms with E-state index < -0.39 is 0 Å². The summed E-state index contributed by atoms with van der Waals surface area (Å²) in [6.07, 6.45) is 3.64. The van der Waals surface area contributed by atoms with Crippen LogP contribution in [0.25, 0.3) is 10.8 Å². The van der Waals surface area contributed by atoms with Crippen molar-refractivity contribution in [1.29, 1.82) is 0 Å². The maximum absolute atomic E-state index is 5.56. The van der Waals surface area contributed by atoms with Gasteiger partial charge < -0.3 is 9.47 Å². The molecule has 82 valence electrons. The molecule has 0 atom stereocenters. The highest BCUT2D eigenvalue weighted by atomic mass is 16.7. The van der Waals surface area contributed by atoms with E-state index in [2.05, 4.69) is 24.9 Å². The van der Waals surface area contributed by atoms with Crippen LogP contribution in [-0.2, 0) is 0 Å². The summed E-state index contributed by atoms with van der Waals surface area (Å²) in [4.78, 5) is 4.14. The van der Waals surface area contributed by atoms with Gasteiger partial charge in [0.05, 0.1) is 0 Å². The summed E-state index contributed by atoms with van der Waals surface area (Å²) in [5.74, 6) is 2.18. The molecule has 0 bridgehead atoms. The molecule has 0 amide bonds. The van der Waals surface area contributed by atoms with Crippen molar-refractivity contribution in [2.45, 2.75) is 19.8 Å². The summed E-state index contributed by atoms with van der Waals surface area (Å²) in [5, 5.41) is 2.18. The van der Waals surface area contributed by atoms with Crippen LogP contribution >= 0.6 is 0 Å². The van der Waals surface area contributed by atoms with Crippen LogP contribution in [0.3, 0.4) is 0 Å². The zero-order valence-electron chi connectivity index (χ0n) is 9.36. The Morgan fingerprint density at radius 1 is 1.25 bits per heavy atom. The number of pyridine rings is 1. The van der Waals surface area contributed by atoms with Crippen molar-refractivity contribution in [3.8, 4) is 11.5 Å². The maximum atomic E-state index is 5.56. The van der Waals surface area contributed by atoms with Crippen molar-refractivity contribution in [3.63, 3.8) is 0 Å². The molecule has 0 saturated heterocycles. The van der Waals surface area contributed by atoms with Crippen LogP contribution in [0.2, 0.25) is 0 Å². The Balaban J connectivity index is 2.38. The molecule has 1 aromatic heterocycles. The Kier molecular flexibility index (Phi) is 1.99. The first-order chi connectivity index (χ1) is 7.77. The predicted octanol–water partition coefficient (Wildman–Crippen LogP) is 3.09. The van der Waals surface area contributed by atoms with Crippen LogP contribution in [0.1, 0.15) is 25.3 Å². The van der Waals surface area contributed by atoms with Gasteiger partial charge in [-0.05, 0) is 18.1 Å². The van der Waals surface area contributed by atoms with Crippen molar-refractivity contribution in [2.24, 2.45) is 0 Å². The van der Waals surface area contributed by atoms with Crippen molar-refractivity contribution < 1.29 is 9.47 Å². The van der Waals surface area contributed by atoms with Gasteiger partial charge >= 0.3 is 0 Å². The van der Waals surface area contributed by atoms with Gasteiger partial charge in [0, 0.05) is 28.7 Å². The third kappa shape index (κ3) is 1.24. The molecule has 3 rings (SSSR count). The normalized spacial score (nSPS) is 13.7. The molecular formula is C13H13NO2. The lowest BCUT2D eigenvalue weighted by Gasteiger charge is -2.11. The topological polar surface area (TPSA) is 31.4 Å². The van der Waals surface area contributed by atoms with E-state index in [0.717, 1.165) is 22.3 Å². The average molecular weight is 215 g/mol. The molecule has 2 heterocycles. The lowest BCUT2D eigenvalue weighted by molar-refractivity contribution is 0.174. The molecule has 3 nitrogen and oxygen atoms in total. The van der Waals surface area contributed by atoms with Gasteiger partial charge in [-0.3, -0.25) is 4.98 Å². The predicted molar refractivity (Wildman–Crippen MR) is 62.0 cm³/mol. The van der Waals surface area contributed by atoms with E-state index in [4.69, 9.17) is 9.47 Å². The first-order valence-electron chi connectivity index (χ1n) is 5.43. The number of nitrogens with zero attached hydrogens (tertiary/aromatic N) is 1. The van der Waals surface area contributed by atoms with Crippen molar-refractivity contribution >= 4 is 10.8 Å². The first-order valence-corrected chi connectivity index (χ1v) is 5.43. The fourth-order valence-corrected chi connectivity index (χ4v) is 2.08. The number of benzene rings is 1. The molecule has 3 heteroatoms. The molecular weight excluding hydrogens is 202 g/mol. The lowest BCUT2D eigenvalue weighted by Crippen LogP contribution is -1.95. The van der Waals surface area contributed by atoms with Crippen LogP contribution < -0.4 is 9.47 Å². The summed E-state index contributed by atoms with van der Waals surface area (Å²) in [7, 11) is 0. The second-order valence-electron chi connectivity index (χ2n) is 4.28. The highest BCUT2D eigenvalue weighted by molar-refractivity contribution is 5.91. The molecule has 1 aliphatic heterocycles. The summed E-state index contributed by atoms with van der Waals surface area (Å²) in [5.41, 5.74) is 1.19. The molecule has 1 aliphatic rings. The SMILES string of the molecule is CC(C)c1cc2cnccc2c2c1OCO2. The number of hydrogen-bond donors (Lipinski definition) is 0. The van der Waals surface area contributed by atoms with Crippen molar-refractivity contribution in [3.05, 3.63) is 30.1 Å². The molecule has 0 unspecified atom stereocenters. The van der Waals surface area contributed by atoms with E-state index in [-0.39, 0.29) is 0 Å². The van der Waals surface area contributed by atoms with E-state index in [9.17, 15) is 0 Å². The summed E-state index contributed by atoms with van der Waals surface area (Å²) < 4.78 is 11.1. The van der Waals surface area contributed by atoms with E-state index in [0.29, 0.717) is 12.7 Å². The van der Waals surface area contributed by atoms with Gasteiger partial charge in [0.1, 0.15) is 0 Å². The monoisotopic (exact) mass is 215 g/mol. The Morgan fingerprint density at radius 3 is 2.88 bits per heavy atom. The third-order valence-electron chi connectivity index (χ3n) is 2.90. The van der Waals surface area contributed by atoms with Gasteiger partial charge in [0.25, 0.3) is 0 Å². The number of fused-ring (bicyclic) bond motifs is 3. The molecule has 2 aromatic rings. The molecule has 0 saturated carbocycles. The van der Waals surface area contributed by atoms with Gasteiger partial charge in [-0.2, -0.15) is 0 Å². The van der Waals surface area contributed by atoms with Crippen LogP contribution in [0.15, 0.2) is 24.5 Å². The molecule has 0 aliphatic carbocycles. The molecule has 16 heavy (non-hydrogen) atoms. The Bertz CT molecular complexity index is 549. The minimum absolute atomic E-state index is 0.316. The largest absolute Gasteiger partial charge is 0.453 e. The zero-order valence-corrected chi connectivity index (χ0v) is 9.36. The van der Waals surface area contributed by atoms with Gasteiger partial charge in [-0.25, -0.2) is 0 Å². The minimum Gasteiger partial charge on any atom is -0.453 e. The second kappa shape index (κ2) is 3.37. The molecule has 0 spiro atoms. The van der Waals surface area contributed by atoms with Crippen LogP contribution in [-0.4, -0.2) is 11.8 Å². The quantitative estimate of drug-likeness (QED) is 0.732. The highest BCUT2D eigenvalue weighted by Gasteiger charge is 2.22. The van der Waals surface area contributed by atoms with Gasteiger partial charge in [0.2, 0.25) is 6.79 Å². The van der Waals surface area contributed by atoms with Gasteiger partial charge in [-0.1, -0.05) is 13.8 Å². The van der Waals surface area contributed by atoms with E-state index >= 15 is 0 Å². The smallest absolute Gasteiger partial charge is 0.231 e. The molecule has 1 aromatic carbocycles. The summed E-state index contributed by atoms with van der Waals surface area (Å²) in [6, 6.07) is 4.10. The van der Waals surface area contributed by atoms with Crippen molar-refractivity contribution in [1.82, 2.24) is 4.98 Å². The number of aromatic nitrogens is 1. The maximum Gasteiger partial charge on any atom is 0.231 e. The fourth-order valence-electron chi connectivity index (χ4n) is 2.08. The average Bonchev–Trinajstić information content (AvgIpc) is 2.76. The standard InChI is InChI=1S/C13H13NO2/c1-8(2)11-5-9-6-14-4-3-10(9)12-13(11)16-7-15-12/h3-6,8H,7H2,1-2H3.